The highest BCUT2D eigenvalue weighted by Gasteiger charge is 2.13. The first-order valence-electron chi connectivity index (χ1n) is 6.44. The topological polar surface area (TPSA) is 80.5 Å². The molecule has 108 valence electrons. The lowest BCUT2D eigenvalue weighted by atomic mass is 10.2. The molecule has 0 aromatic carbocycles. The minimum atomic E-state index is 0.154. The van der Waals surface area contributed by atoms with Crippen LogP contribution in [0.25, 0.3) is 10.9 Å². The van der Waals surface area contributed by atoms with Crippen molar-refractivity contribution in [3.8, 4) is 0 Å². The number of nitrogen functional groups attached to an aromatic ring is 1. The van der Waals surface area contributed by atoms with Gasteiger partial charge < -0.3 is 10.7 Å². The van der Waals surface area contributed by atoms with E-state index in [2.05, 4.69) is 32.9 Å². The molecule has 0 bridgehead atoms. The molecular formula is C14H15N5S2. The van der Waals surface area contributed by atoms with Crippen molar-refractivity contribution in [2.45, 2.75) is 22.4 Å². The fourth-order valence-electron chi connectivity index (χ4n) is 1.99. The Morgan fingerprint density at radius 3 is 2.95 bits per heavy atom. The lowest BCUT2D eigenvalue weighted by molar-refractivity contribution is 0.888. The predicted octanol–water partition coefficient (Wildman–Crippen LogP) is 3.51. The number of nitrogens with one attached hydrogen (secondary N) is 1. The van der Waals surface area contributed by atoms with Crippen LogP contribution in [0.2, 0.25) is 0 Å². The van der Waals surface area contributed by atoms with Crippen molar-refractivity contribution in [1.29, 1.82) is 0 Å². The van der Waals surface area contributed by atoms with Crippen LogP contribution in [0.15, 0.2) is 40.8 Å². The third kappa shape index (κ3) is 3.14. The lowest BCUT2D eigenvalue weighted by Gasteiger charge is -2.10. The molecule has 0 aliphatic rings. The molecular weight excluding hydrogens is 302 g/mol. The van der Waals surface area contributed by atoms with Gasteiger partial charge in [-0.25, -0.2) is 9.97 Å². The molecule has 0 saturated carbocycles. The fourth-order valence-corrected chi connectivity index (χ4v) is 3.34. The van der Waals surface area contributed by atoms with Crippen LogP contribution in [0.1, 0.15) is 17.9 Å². The Bertz CT molecular complexity index is 771. The highest BCUT2D eigenvalue weighted by molar-refractivity contribution is 7.99. The molecule has 1 unspecified atom stereocenters. The molecule has 3 aromatic heterocycles. The molecule has 3 heterocycles. The largest absolute Gasteiger partial charge is 0.384 e. The third-order valence-electron chi connectivity index (χ3n) is 3.07. The lowest BCUT2D eigenvalue weighted by Crippen LogP contribution is -1.99. The Hall–Kier alpha value is -1.73. The van der Waals surface area contributed by atoms with Crippen molar-refractivity contribution in [1.82, 2.24) is 19.9 Å². The van der Waals surface area contributed by atoms with E-state index in [0.717, 1.165) is 21.6 Å². The first-order valence-corrected chi connectivity index (χ1v) is 8.54. The van der Waals surface area contributed by atoms with E-state index >= 15 is 0 Å². The molecule has 0 aliphatic heterocycles. The summed E-state index contributed by atoms with van der Waals surface area (Å²) in [4.78, 5) is 16.4. The van der Waals surface area contributed by atoms with E-state index < -0.39 is 0 Å². The number of thioether (sulfide) groups is 2. The van der Waals surface area contributed by atoms with Gasteiger partial charge in [0.15, 0.2) is 5.16 Å². The maximum absolute atomic E-state index is 5.81. The highest BCUT2D eigenvalue weighted by atomic mass is 32.2. The van der Waals surface area contributed by atoms with Gasteiger partial charge in [0.05, 0.1) is 22.7 Å². The van der Waals surface area contributed by atoms with Crippen LogP contribution in [0, 0.1) is 0 Å². The molecule has 1 atom stereocenters. The van der Waals surface area contributed by atoms with Gasteiger partial charge in [-0.2, -0.15) is 0 Å². The van der Waals surface area contributed by atoms with Gasteiger partial charge >= 0.3 is 0 Å². The van der Waals surface area contributed by atoms with Crippen LogP contribution < -0.4 is 5.73 Å². The van der Waals surface area contributed by atoms with Crippen LogP contribution in [-0.2, 0) is 0 Å². The predicted molar refractivity (Wildman–Crippen MR) is 88.6 cm³/mol. The standard InChI is InChI=1S/C14H15N5S2/c1-8(10-5-9-3-4-16-11(9)7-17-10)21-14-18-12(15)6-13(19-14)20-2/h3-8,16H,1-2H3,(H2,15,18,19). The van der Waals surface area contributed by atoms with Crippen molar-refractivity contribution in [3.63, 3.8) is 0 Å². The molecule has 3 rings (SSSR count). The molecule has 7 heteroatoms. The third-order valence-corrected chi connectivity index (χ3v) is 4.68. The van der Waals surface area contributed by atoms with E-state index in [4.69, 9.17) is 5.73 Å². The number of hydrogen-bond acceptors (Lipinski definition) is 6. The molecule has 0 amide bonds. The van der Waals surface area contributed by atoms with Crippen molar-refractivity contribution < 1.29 is 0 Å². The molecule has 0 saturated heterocycles. The summed E-state index contributed by atoms with van der Waals surface area (Å²) < 4.78 is 0. The van der Waals surface area contributed by atoms with Crippen molar-refractivity contribution in [2.75, 3.05) is 12.0 Å². The number of aromatic amines is 1. The average Bonchev–Trinajstić information content (AvgIpc) is 2.93. The zero-order valence-electron chi connectivity index (χ0n) is 11.7. The van der Waals surface area contributed by atoms with E-state index in [1.54, 1.807) is 29.6 Å². The Labute approximate surface area is 131 Å². The summed E-state index contributed by atoms with van der Waals surface area (Å²) in [5, 5.41) is 2.88. The summed E-state index contributed by atoms with van der Waals surface area (Å²) in [6.07, 6.45) is 5.75. The summed E-state index contributed by atoms with van der Waals surface area (Å²) in [5.41, 5.74) is 7.86. The number of hydrogen-bond donors (Lipinski definition) is 2. The second kappa shape index (κ2) is 5.95. The first-order chi connectivity index (χ1) is 10.2. The first kappa shape index (κ1) is 14.2. The summed E-state index contributed by atoms with van der Waals surface area (Å²) in [7, 11) is 0. The number of fused-ring (bicyclic) bond motifs is 1. The van der Waals surface area contributed by atoms with Crippen molar-refractivity contribution in [2.24, 2.45) is 0 Å². The Kier molecular flexibility index (Phi) is 4.03. The normalized spacial score (nSPS) is 12.7. The number of rotatable bonds is 4. The molecule has 0 fully saturated rings. The Morgan fingerprint density at radius 1 is 1.29 bits per heavy atom. The molecule has 0 radical (unpaired) electrons. The number of pyridine rings is 1. The van der Waals surface area contributed by atoms with E-state index in [1.165, 1.54) is 0 Å². The zero-order chi connectivity index (χ0) is 14.8. The fraction of sp³-hybridized carbons (Fsp3) is 0.214. The summed E-state index contributed by atoms with van der Waals surface area (Å²) in [6.45, 7) is 2.09. The number of nitrogens with two attached hydrogens (primary N) is 1. The minimum Gasteiger partial charge on any atom is -0.384 e. The minimum absolute atomic E-state index is 0.154. The number of anilines is 1. The number of nitrogens with zero attached hydrogens (tertiary/aromatic N) is 3. The van der Waals surface area contributed by atoms with Gasteiger partial charge in [0.1, 0.15) is 10.8 Å². The second-order valence-electron chi connectivity index (χ2n) is 4.55. The van der Waals surface area contributed by atoms with Crippen LogP contribution >= 0.6 is 23.5 Å². The van der Waals surface area contributed by atoms with Crippen LogP contribution in [0.3, 0.4) is 0 Å². The molecule has 3 N–H and O–H groups in total. The zero-order valence-corrected chi connectivity index (χ0v) is 13.3. The van der Waals surface area contributed by atoms with Gasteiger partial charge in [-0.3, -0.25) is 4.98 Å². The molecule has 0 spiro atoms. The smallest absolute Gasteiger partial charge is 0.191 e. The van der Waals surface area contributed by atoms with Crippen LogP contribution in [-0.4, -0.2) is 26.2 Å². The van der Waals surface area contributed by atoms with Crippen LogP contribution in [0.4, 0.5) is 5.82 Å². The number of aromatic nitrogens is 4. The maximum Gasteiger partial charge on any atom is 0.191 e. The van der Waals surface area contributed by atoms with Gasteiger partial charge in [0.25, 0.3) is 0 Å². The van der Waals surface area contributed by atoms with Gasteiger partial charge in [0.2, 0.25) is 0 Å². The Morgan fingerprint density at radius 2 is 2.14 bits per heavy atom. The number of H-pyrrole nitrogens is 1. The maximum atomic E-state index is 5.81. The quantitative estimate of drug-likeness (QED) is 0.435. The summed E-state index contributed by atoms with van der Waals surface area (Å²) >= 11 is 3.12. The highest BCUT2D eigenvalue weighted by Crippen LogP contribution is 2.33. The molecule has 5 nitrogen and oxygen atoms in total. The van der Waals surface area contributed by atoms with Gasteiger partial charge in [-0.1, -0.05) is 11.8 Å². The molecule has 3 aromatic rings. The van der Waals surface area contributed by atoms with Gasteiger partial charge in [0, 0.05) is 17.6 Å². The van der Waals surface area contributed by atoms with E-state index in [1.807, 2.05) is 24.7 Å². The van der Waals surface area contributed by atoms with Crippen molar-refractivity contribution in [3.05, 3.63) is 36.3 Å². The summed E-state index contributed by atoms with van der Waals surface area (Å²) in [6, 6.07) is 5.91. The Balaban J connectivity index is 1.84. The van der Waals surface area contributed by atoms with E-state index in [9.17, 15) is 0 Å². The average molecular weight is 317 g/mol. The van der Waals surface area contributed by atoms with Crippen molar-refractivity contribution >= 4 is 40.2 Å². The molecule has 0 aliphatic carbocycles. The molecule has 21 heavy (non-hydrogen) atoms. The second-order valence-corrected chi connectivity index (χ2v) is 6.69. The van der Waals surface area contributed by atoms with E-state index in [-0.39, 0.29) is 5.25 Å². The summed E-state index contributed by atoms with van der Waals surface area (Å²) in [5.74, 6) is 0.498. The van der Waals surface area contributed by atoms with Gasteiger partial charge in [-0.15, -0.1) is 11.8 Å². The monoisotopic (exact) mass is 317 g/mol. The van der Waals surface area contributed by atoms with E-state index in [0.29, 0.717) is 11.0 Å². The van der Waals surface area contributed by atoms with Gasteiger partial charge in [-0.05, 0) is 25.3 Å². The van der Waals surface area contributed by atoms with Crippen LogP contribution in [0.5, 0.6) is 0 Å². The SMILES string of the molecule is CSc1cc(N)nc(SC(C)c2cc3cc[nH]c3cn2)n1.